The minimum atomic E-state index is -3.18. The van der Waals surface area contributed by atoms with E-state index in [-0.39, 0.29) is 18.4 Å². The van der Waals surface area contributed by atoms with E-state index in [1.807, 2.05) is 0 Å². The van der Waals surface area contributed by atoms with Crippen molar-refractivity contribution in [3.8, 4) is 0 Å². The first-order valence-corrected chi connectivity index (χ1v) is 7.29. The van der Waals surface area contributed by atoms with E-state index < -0.39 is 10.0 Å². The van der Waals surface area contributed by atoms with Gasteiger partial charge in [0, 0.05) is 12.6 Å². The number of nitrogens with one attached hydrogen (secondary N) is 1. The predicted octanol–water partition coefficient (Wildman–Crippen LogP) is 0.867. The largest absolute Gasteiger partial charge is 0.396 e. The Kier molecular flexibility index (Phi) is 5.02. The molecule has 1 fully saturated rings. The molecule has 90 valence electrons. The first-order valence-electron chi connectivity index (χ1n) is 5.64. The molecule has 2 unspecified atom stereocenters. The molecule has 4 nitrogen and oxygen atoms in total. The molecule has 0 bridgehead atoms. The van der Waals surface area contributed by atoms with Crippen molar-refractivity contribution in [3.05, 3.63) is 0 Å². The minimum Gasteiger partial charge on any atom is -0.396 e. The van der Waals surface area contributed by atoms with Crippen LogP contribution in [-0.2, 0) is 10.0 Å². The number of hydrogen-bond donors (Lipinski definition) is 2. The van der Waals surface area contributed by atoms with Crippen LogP contribution in [0.1, 0.15) is 39.0 Å². The van der Waals surface area contributed by atoms with Crippen LogP contribution >= 0.6 is 0 Å². The van der Waals surface area contributed by atoms with Crippen LogP contribution in [0.3, 0.4) is 0 Å². The SMILES string of the molecule is CC1CCCC(NS(=O)(=O)CCCO)C1. The van der Waals surface area contributed by atoms with Gasteiger partial charge in [-0.05, 0) is 25.2 Å². The summed E-state index contributed by atoms with van der Waals surface area (Å²) in [4.78, 5) is 0. The third kappa shape index (κ3) is 4.95. The normalized spacial score (nSPS) is 27.9. The van der Waals surface area contributed by atoms with Crippen molar-refractivity contribution >= 4 is 10.0 Å². The Bertz CT molecular complexity index is 276. The van der Waals surface area contributed by atoms with E-state index in [1.54, 1.807) is 0 Å². The third-order valence-electron chi connectivity index (χ3n) is 2.85. The molecule has 2 N–H and O–H groups in total. The van der Waals surface area contributed by atoms with Gasteiger partial charge in [-0.15, -0.1) is 0 Å². The second-order valence-electron chi connectivity index (χ2n) is 4.48. The molecule has 5 heteroatoms. The lowest BCUT2D eigenvalue weighted by Gasteiger charge is -2.27. The molecule has 0 radical (unpaired) electrons. The molecule has 0 saturated heterocycles. The van der Waals surface area contributed by atoms with Gasteiger partial charge < -0.3 is 5.11 Å². The Morgan fingerprint density at radius 3 is 2.73 bits per heavy atom. The van der Waals surface area contributed by atoms with E-state index >= 15 is 0 Å². The van der Waals surface area contributed by atoms with Gasteiger partial charge in [0.1, 0.15) is 0 Å². The topological polar surface area (TPSA) is 66.4 Å². The summed E-state index contributed by atoms with van der Waals surface area (Å²) in [6.07, 6.45) is 4.52. The third-order valence-corrected chi connectivity index (χ3v) is 4.37. The molecule has 0 heterocycles. The molecule has 1 aliphatic carbocycles. The lowest BCUT2D eigenvalue weighted by atomic mass is 9.88. The molecule has 0 aromatic heterocycles. The first-order chi connectivity index (χ1) is 7.03. The Labute approximate surface area is 92.1 Å². The quantitative estimate of drug-likeness (QED) is 0.743. The Hall–Kier alpha value is -0.130. The lowest BCUT2D eigenvalue weighted by molar-refractivity contribution is 0.294. The fraction of sp³-hybridized carbons (Fsp3) is 1.00. The smallest absolute Gasteiger partial charge is 0.211 e. The summed E-state index contributed by atoms with van der Waals surface area (Å²) >= 11 is 0. The predicted molar refractivity (Wildman–Crippen MR) is 60.0 cm³/mol. The Morgan fingerprint density at radius 2 is 2.13 bits per heavy atom. The van der Waals surface area contributed by atoms with Gasteiger partial charge in [0.2, 0.25) is 10.0 Å². The number of hydrogen-bond acceptors (Lipinski definition) is 3. The van der Waals surface area contributed by atoms with Crippen LogP contribution < -0.4 is 4.72 Å². The van der Waals surface area contributed by atoms with Gasteiger partial charge >= 0.3 is 0 Å². The molecule has 0 aromatic carbocycles. The maximum absolute atomic E-state index is 11.5. The fourth-order valence-corrected chi connectivity index (χ4v) is 3.46. The summed E-state index contributed by atoms with van der Waals surface area (Å²) < 4.78 is 25.8. The number of sulfonamides is 1. The van der Waals surface area contributed by atoms with Crippen molar-refractivity contribution in [1.29, 1.82) is 0 Å². The van der Waals surface area contributed by atoms with Crippen LogP contribution in [-0.4, -0.2) is 31.9 Å². The Morgan fingerprint density at radius 1 is 1.40 bits per heavy atom. The summed E-state index contributed by atoms with van der Waals surface area (Å²) in [6, 6.07) is 0.109. The van der Waals surface area contributed by atoms with Gasteiger partial charge in [0.25, 0.3) is 0 Å². The zero-order chi connectivity index (χ0) is 11.3. The zero-order valence-electron chi connectivity index (χ0n) is 9.28. The summed E-state index contributed by atoms with van der Waals surface area (Å²) in [5.41, 5.74) is 0. The molecule has 0 aromatic rings. The van der Waals surface area contributed by atoms with Gasteiger partial charge in [-0.25, -0.2) is 13.1 Å². The molecule has 0 amide bonds. The fourth-order valence-electron chi connectivity index (χ4n) is 2.11. The summed E-state index contributed by atoms with van der Waals surface area (Å²) in [7, 11) is -3.18. The molecule has 2 atom stereocenters. The van der Waals surface area contributed by atoms with Gasteiger partial charge in [0.15, 0.2) is 0 Å². The van der Waals surface area contributed by atoms with E-state index in [2.05, 4.69) is 11.6 Å². The van der Waals surface area contributed by atoms with Gasteiger partial charge in [-0.3, -0.25) is 0 Å². The van der Waals surface area contributed by atoms with Crippen LogP contribution in [0, 0.1) is 5.92 Å². The van der Waals surface area contributed by atoms with Crippen LogP contribution in [0.15, 0.2) is 0 Å². The van der Waals surface area contributed by atoms with E-state index in [0.717, 1.165) is 19.3 Å². The average Bonchev–Trinajstić information content (AvgIpc) is 2.14. The van der Waals surface area contributed by atoms with E-state index in [1.165, 1.54) is 6.42 Å². The Balaban J connectivity index is 2.39. The monoisotopic (exact) mass is 235 g/mol. The number of aliphatic hydroxyl groups is 1. The van der Waals surface area contributed by atoms with Crippen LogP contribution in [0.2, 0.25) is 0 Å². The number of aliphatic hydroxyl groups excluding tert-OH is 1. The highest BCUT2D eigenvalue weighted by atomic mass is 32.2. The molecular formula is C10H21NO3S. The summed E-state index contributed by atoms with van der Waals surface area (Å²) in [5, 5.41) is 8.59. The lowest BCUT2D eigenvalue weighted by Crippen LogP contribution is -2.39. The molecule has 15 heavy (non-hydrogen) atoms. The average molecular weight is 235 g/mol. The second-order valence-corrected chi connectivity index (χ2v) is 6.36. The molecule has 0 aliphatic heterocycles. The standard InChI is InChI=1S/C10H21NO3S/c1-9-4-2-5-10(8-9)11-15(13,14)7-3-6-12/h9-12H,2-8H2,1H3. The van der Waals surface area contributed by atoms with E-state index in [4.69, 9.17) is 5.11 Å². The van der Waals surface area contributed by atoms with Crippen molar-refractivity contribution in [2.45, 2.75) is 45.1 Å². The minimum absolute atomic E-state index is 0.0361. The van der Waals surface area contributed by atoms with Crippen molar-refractivity contribution in [3.63, 3.8) is 0 Å². The molecule has 1 rings (SSSR count). The van der Waals surface area contributed by atoms with Crippen LogP contribution in [0.4, 0.5) is 0 Å². The van der Waals surface area contributed by atoms with Crippen molar-refractivity contribution in [2.75, 3.05) is 12.4 Å². The van der Waals surface area contributed by atoms with E-state index in [9.17, 15) is 8.42 Å². The highest BCUT2D eigenvalue weighted by Crippen LogP contribution is 2.23. The van der Waals surface area contributed by atoms with Crippen LogP contribution in [0.5, 0.6) is 0 Å². The molecule has 0 spiro atoms. The van der Waals surface area contributed by atoms with Crippen molar-refractivity contribution < 1.29 is 13.5 Å². The van der Waals surface area contributed by atoms with Gasteiger partial charge in [-0.2, -0.15) is 0 Å². The summed E-state index contributed by atoms with van der Waals surface area (Å²) in [6.45, 7) is 2.09. The van der Waals surface area contributed by atoms with E-state index in [0.29, 0.717) is 12.3 Å². The maximum Gasteiger partial charge on any atom is 0.211 e. The summed E-state index contributed by atoms with van der Waals surface area (Å²) in [5.74, 6) is 0.651. The van der Waals surface area contributed by atoms with Crippen molar-refractivity contribution in [1.82, 2.24) is 4.72 Å². The van der Waals surface area contributed by atoms with Crippen LogP contribution in [0.25, 0.3) is 0 Å². The molecule has 1 saturated carbocycles. The highest BCUT2D eigenvalue weighted by molar-refractivity contribution is 7.89. The van der Waals surface area contributed by atoms with Gasteiger partial charge in [0.05, 0.1) is 5.75 Å². The van der Waals surface area contributed by atoms with Crippen molar-refractivity contribution in [2.24, 2.45) is 5.92 Å². The second kappa shape index (κ2) is 5.82. The zero-order valence-corrected chi connectivity index (χ0v) is 10.1. The molecule has 1 aliphatic rings. The highest BCUT2D eigenvalue weighted by Gasteiger charge is 2.22. The van der Waals surface area contributed by atoms with Gasteiger partial charge in [-0.1, -0.05) is 19.8 Å². The first kappa shape index (κ1) is 12.9. The maximum atomic E-state index is 11.5. The molecular weight excluding hydrogens is 214 g/mol. The number of rotatable bonds is 5.